The largest absolute Gasteiger partial charge is 0.388 e. The standard InChI is InChI=1S/C36H41N9O4S/c1-2-28(46)40-26-18-27(32(48)31(26)47)45-21-38-30-33(37-19-25(22-10-5-3-6-11-22)23-12-7-4-8-13-23)42-35(43-34(30)45)44-16-15-24(20-44)39-36(49)41-29-14-9-17-50-29/h3-14,17,21,24-27,31-32,47-48H,2,15-16,18-20H2,1H3,(H,40,46)(H,37,42,43)(H2,39,41,49)/t24-,26+,27?,31-,32+/m1/s1. The molecule has 1 aliphatic heterocycles. The third kappa shape index (κ3) is 7.13. The molecule has 5 atom stereocenters. The molecule has 6 N–H and O–H groups in total. The van der Waals surface area contributed by atoms with E-state index in [0.717, 1.165) is 16.1 Å². The molecule has 1 aliphatic carbocycles. The third-order valence-corrected chi connectivity index (χ3v) is 10.3. The molecular formula is C36H41N9O4S. The Labute approximate surface area is 293 Å². The second-order valence-electron chi connectivity index (χ2n) is 12.8. The lowest BCUT2D eigenvalue weighted by molar-refractivity contribution is -0.122. The first-order valence-corrected chi connectivity index (χ1v) is 17.9. The molecule has 1 saturated heterocycles. The first-order chi connectivity index (χ1) is 24.4. The minimum atomic E-state index is -1.15. The number of fused-ring (bicyclic) bond motifs is 1. The van der Waals surface area contributed by atoms with Crippen LogP contribution in [0.3, 0.4) is 0 Å². The number of rotatable bonds is 11. The summed E-state index contributed by atoms with van der Waals surface area (Å²) < 4.78 is 1.78. The fourth-order valence-electron chi connectivity index (χ4n) is 6.89. The highest BCUT2D eigenvalue weighted by molar-refractivity contribution is 7.14. The summed E-state index contributed by atoms with van der Waals surface area (Å²) in [5.41, 5.74) is 3.33. The monoisotopic (exact) mass is 695 g/mol. The van der Waals surface area contributed by atoms with Gasteiger partial charge in [0, 0.05) is 38.0 Å². The van der Waals surface area contributed by atoms with Gasteiger partial charge < -0.3 is 35.6 Å². The van der Waals surface area contributed by atoms with Crippen LogP contribution < -0.4 is 26.2 Å². The Morgan fingerprint density at radius 2 is 1.70 bits per heavy atom. The fraction of sp³-hybridized carbons (Fsp3) is 0.361. The Bertz CT molecular complexity index is 1870. The predicted molar refractivity (Wildman–Crippen MR) is 194 cm³/mol. The van der Waals surface area contributed by atoms with E-state index in [4.69, 9.17) is 15.0 Å². The van der Waals surface area contributed by atoms with Gasteiger partial charge in [0.05, 0.1) is 23.4 Å². The van der Waals surface area contributed by atoms with Crippen LogP contribution in [0.15, 0.2) is 84.5 Å². The van der Waals surface area contributed by atoms with Crippen molar-refractivity contribution in [2.45, 2.75) is 62.4 Å². The van der Waals surface area contributed by atoms with E-state index in [1.165, 1.54) is 11.3 Å². The van der Waals surface area contributed by atoms with E-state index in [9.17, 15) is 19.8 Å². The molecule has 2 fully saturated rings. The number of thiophene rings is 1. The summed E-state index contributed by atoms with van der Waals surface area (Å²) in [4.78, 5) is 41.6. The molecule has 7 rings (SSSR count). The number of imidazole rings is 1. The van der Waals surface area contributed by atoms with Crippen molar-refractivity contribution in [1.82, 2.24) is 30.2 Å². The van der Waals surface area contributed by atoms with Crippen molar-refractivity contribution >= 4 is 51.2 Å². The number of carbonyl (C=O) groups excluding carboxylic acids is 2. The number of amides is 3. The number of urea groups is 1. The van der Waals surface area contributed by atoms with Crippen LogP contribution in [0.1, 0.15) is 49.3 Å². The van der Waals surface area contributed by atoms with E-state index >= 15 is 0 Å². The number of aliphatic hydroxyl groups excluding tert-OH is 2. The number of hydrogen-bond donors (Lipinski definition) is 6. The number of benzene rings is 2. The molecule has 3 amide bonds. The van der Waals surface area contributed by atoms with E-state index in [2.05, 4.69) is 45.5 Å². The highest BCUT2D eigenvalue weighted by Gasteiger charge is 2.44. The number of aromatic nitrogens is 4. The number of nitrogens with one attached hydrogen (secondary N) is 4. The Kier molecular flexibility index (Phi) is 9.92. The Hall–Kier alpha value is -5.05. The normalized spacial score (nSPS) is 21.8. The van der Waals surface area contributed by atoms with E-state index in [1.807, 2.05) is 58.8 Å². The quantitative estimate of drug-likeness (QED) is 0.119. The molecule has 5 aromatic rings. The van der Waals surface area contributed by atoms with E-state index in [-0.39, 0.29) is 30.3 Å². The average Bonchev–Trinajstić information content (AvgIpc) is 3.95. The van der Waals surface area contributed by atoms with Crippen molar-refractivity contribution in [3.05, 3.63) is 95.6 Å². The first kappa shape index (κ1) is 33.4. The highest BCUT2D eigenvalue weighted by atomic mass is 32.1. The predicted octanol–water partition coefficient (Wildman–Crippen LogP) is 4.09. The molecule has 260 valence electrons. The summed E-state index contributed by atoms with van der Waals surface area (Å²) in [6, 6.07) is 22.7. The van der Waals surface area contributed by atoms with Crippen LogP contribution in [-0.2, 0) is 4.79 Å². The van der Waals surface area contributed by atoms with Crippen molar-refractivity contribution in [3.8, 4) is 0 Å². The molecule has 13 nitrogen and oxygen atoms in total. The second-order valence-corrected chi connectivity index (χ2v) is 13.7. The van der Waals surface area contributed by atoms with E-state index in [0.29, 0.717) is 55.4 Å². The molecule has 2 aliphatic rings. The van der Waals surface area contributed by atoms with Gasteiger partial charge in [0.25, 0.3) is 0 Å². The zero-order valence-corrected chi connectivity index (χ0v) is 28.5. The lowest BCUT2D eigenvalue weighted by atomic mass is 9.91. The maximum atomic E-state index is 12.7. The number of nitrogens with zero attached hydrogens (tertiary/aromatic N) is 5. The fourth-order valence-corrected chi connectivity index (χ4v) is 7.50. The second kappa shape index (κ2) is 14.8. The topological polar surface area (TPSA) is 170 Å². The Balaban J connectivity index is 1.19. The van der Waals surface area contributed by atoms with Crippen LogP contribution in [0, 0.1) is 0 Å². The van der Waals surface area contributed by atoms with Crippen LogP contribution >= 0.6 is 11.3 Å². The lowest BCUT2D eigenvalue weighted by Crippen LogP contribution is -2.42. The van der Waals surface area contributed by atoms with Crippen molar-refractivity contribution in [2.75, 3.05) is 35.2 Å². The maximum absolute atomic E-state index is 12.7. The van der Waals surface area contributed by atoms with Gasteiger partial charge in [0.15, 0.2) is 17.0 Å². The molecule has 2 aromatic carbocycles. The summed E-state index contributed by atoms with van der Waals surface area (Å²) in [5, 5.41) is 37.1. The smallest absolute Gasteiger partial charge is 0.320 e. The molecule has 0 bridgehead atoms. The van der Waals surface area contributed by atoms with Crippen molar-refractivity contribution in [2.24, 2.45) is 0 Å². The van der Waals surface area contributed by atoms with Crippen LogP contribution in [-0.4, -0.2) is 85.6 Å². The molecule has 0 spiro atoms. The highest BCUT2D eigenvalue weighted by Crippen LogP contribution is 2.35. The number of anilines is 3. The van der Waals surface area contributed by atoms with Gasteiger partial charge in [-0.2, -0.15) is 9.97 Å². The average molecular weight is 696 g/mol. The summed E-state index contributed by atoms with van der Waals surface area (Å²) in [6.07, 6.45) is 0.618. The molecule has 0 radical (unpaired) electrons. The Morgan fingerprint density at radius 3 is 2.38 bits per heavy atom. The summed E-state index contributed by atoms with van der Waals surface area (Å²) in [6.45, 7) is 3.39. The minimum absolute atomic E-state index is 0.0184. The number of carbonyl (C=O) groups is 2. The zero-order valence-electron chi connectivity index (χ0n) is 27.6. The third-order valence-electron chi connectivity index (χ3n) is 9.53. The zero-order chi connectivity index (χ0) is 34.6. The lowest BCUT2D eigenvalue weighted by Gasteiger charge is -2.22. The van der Waals surface area contributed by atoms with Gasteiger partial charge >= 0.3 is 6.03 Å². The van der Waals surface area contributed by atoms with Gasteiger partial charge in [-0.1, -0.05) is 67.6 Å². The van der Waals surface area contributed by atoms with Gasteiger partial charge in [-0.3, -0.25) is 10.1 Å². The molecule has 3 aromatic heterocycles. The first-order valence-electron chi connectivity index (χ1n) is 17.0. The van der Waals surface area contributed by atoms with Crippen LogP contribution in [0.4, 0.5) is 21.6 Å². The number of aliphatic hydroxyl groups is 2. The summed E-state index contributed by atoms with van der Waals surface area (Å²) >= 11 is 1.46. The van der Waals surface area contributed by atoms with Gasteiger partial charge in [0.1, 0.15) is 12.2 Å². The van der Waals surface area contributed by atoms with Gasteiger partial charge in [-0.25, -0.2) is 9.78 Å². The molecule has 14 heteroatoms. The van der Waals surface area contributed by atoms with E-state index < -0.39 is 24.3 Å². The number of hydrogen-bond acceptors (Lipinski definition) is 10. The summed E-state index contributed by atoms with van der Waals surface area (Å²) in [5.74, 6) is 0.826. The SMILES string of the molecule is CCC(=O)N[C@H]1CC(n2cnc3c(NCC(c4ccccc4)c4ccccc4)nc(N4CC[C@@H](NC(=O)Nc5cccs5)C4)nc32)[C@H](O)[C@@H]1O. The van der Waals surface area contributed by atoms with Crippen molar-refractivity contribution < 1.29 is 19.8 Å². The molecule has 1 saturated carbocycles. The van der Waals surface area contributed by atoms with Crippen molar-refractivity contribution in [3.63, 3.8) is 0 Å². The van der Waals surface area contributed by atoms with E-state index in [1.54, 1.807) is 17.8 Å². The van der Waals surface area contributed by atoms with Crippen molar-refractivity contribution in [1.29, 1.82) is 0 Å². The maximum Gasteiger partial charge on any atom is 0.320 e. The summed E-state index contributed by atoms with van der Waals surface area (Å²) in [7, 11) is 0. The van der Waals surface area contributed by atoms with Gasteiger partial charge in [0.2, 0.25) is 11.9 Å². The molecular weight excluding hydrogens is 655 g/mol. The van der Waals surface area contributed by atoms with Gasteiger partial charge in [-0.15, -0.1) is 11.3 Å². The van der Waals surface area contributed by atoms with Crippen LogP contribution in [0.25, 0.3) is 11.2 Å². The Morgan fingerprint density at radius 1 is 0.960 bits per heavy atom. The van der Waals surface area contributed by atoms with Crippen LogP contribution in [0.2, 0.25) is 0 Å². The minimum Gasteiger partial charge on any atom is -0.388 e. The van der Waals surface area contributed by atoms with Crippen LogP contribution in [0.5, 0.6) is 0 Å². The molecule has 4 heterocycles. The van der Waals surface area contributed by atoms with Gasteiger partial charge in [-0.05, 0) is 41.5 Å². The molecule has 1 unspecified atom stereocenters. The molecule has 50 heavy (non-hydrogen) atoms.